The minimum absolute atomic E-state index is 0.194. The summed E-state index contributed by atoms with van der Waals surface area (Å²) < 4.78 is 124. The maximum absolute atomic E-state index is 13.4. The van der Waals surface area contributed by atoms with Crippen LogP contribution < -0.4 is 10.1 Å². The van der Waals surface area contributed by atoms with Crippen LogP contribution >= 0.6 is 0 Å². The van der Waals surface area contributed by atoms with E-state index in [9.17, 15) is 43.9 Å². The molecule has 4 aromatic rings. The summed E-state index contributed by atoms with van der Waals surface area (Å²) in [6.07, 6.45) is -2.65. The van der Waals surface area contributed by atoms with Gasteiger partial charge < -0.3 is 10.1 Å². The second-order valence-electron chi connectivity index (χ2n) is 9.14. The molecule has 220 valence electrons. The number of nitrogens with zero attached hydrogens (tertiary/aromatic N) is 6. The number of sulfone groups is 1. The molecule has 0 aliphatic heterocycles. The Morgan fingerprint density at radius 1 is 1.15 bits per heavy atom. The molecule has 5 rings (SSSR count). The average molecular weight is 609 g/mol. The predicted molar refractivity (Wildman–Crippen MR) is 125 cm³/mol. The van der Waals surface area contributed by atoms with Crippen molar-refractivity contribution in [2.24, 2.45) is 0 Å². The molecule has 0 atom stereocenters. The van der Waals surface area contributed by atoms with Crippen molar-refractivity contribution in [3.05, 3.63) is 36.5 Å². The lowest BCUT2D eigenvalue weighted by Gasteiger charge is -2.35. The van der Waals surface area contributed by atoms with Crippen molar-refractivity contribution in [3.8, 4) is 17.3 Å². The highest BCUT2D eigenvalue weighted by molar-refractivity contribution is 7.91. The highest BCUT2D eigenvalue weighted by Gasteiger charge is 2.58. The lowest BCUT2D eigenvalue weighted by molar-refractivity contribution is -0.290. The van der Waals surface area contributed by atoms with E-state index in [0.717, 1.165) is 27.5 Å². The van der Waals surface area contributed by atoms with Crippen molar-refractivity contribution in [2.45, 2.75) is 48.9 Å². The third-order valence-corrected chi connectivity index (χ3v) is 7.91. The third kappa shape index (κ3) is 5.02. The summed E-state index contributed by atoms with van der Waals surface area (Å²) in [5.41, 5.74) is -0.849. The second kappa shape index (κ2) is 9.52. The number of alkyl halides is 7. The summed E-state index contributed by atoms with van der Waals surface area (Å²) in [7, 11) is -4.14. The van der Waals surface area contributed by atoms with Crippen LogP contribution in [0.1, 0.15) is 30.3 Å². The monoisotopic (exact) mass is 609 g/mol. The van der Waals surface area contributed by atoms with E-state index in [1.54, 1.807) is 0 Å². The van der Waals surface area contributed by atoms with Gasteiger partial charge in [-0.2, -0.15) is 27.1 Å². The summed E-state index contributed by atoms with van der Waals surface area (Å²) in [5.74, 6) is -10.2. The maximum atomic E-state index is 13.4. The largest absolute Gasteiger partial charge is 0.469 e. The number of aromatic nitrogens is 6. The zero-order chi connectivity index (χ0) is 30.0. The summed E-state index contributed by atoms with van der Waals surface area (Å²) >= 11 is 0. The fourth-order valence-corrected chi connectivity index (χ4v) is 5.08. The van der Waals surface area contributed by atoms with Gasteiger partial charge in [0.2, 0.25) is 5.88 Å². The quantitative estimate of drug-likeness (QED) is 0.301. The molecule has 41 heavy (non-hydrogen) atoms. The Hall–Kier alpha value is -4.03. The number of hydrogen-bond acceptors (Lipinski definition) is 8. The van der Waals surface area contributed by atoms with Crippen LogP contribution in [0.15, 0.2) is 35.9 Å². The van der Waals surface area contributed by atoms with E-state index in [-0.39, 0.29) is 28.2 Å². The fourth-order valence-electron chi connectivity index (χ4n) is 4.11. The Labute approximate surface area is 225 Å². The number of carbonyl (C=O) groups excluding carboxylic acids is 1. The number of halogens is 7. The van der Waals surface area contributed by atoms with Gasteiger partial charge >= 0.3 is 12.1 Å². The van der Waals surface area contributed by atoms with Crippen LogP contribution in [0.3, 0.4) is 0 Å². The van der Waals surface area contributed by atoms with Crippen LogP contribution in [0.5, 0.6) is 5.88 Å². The highest BCUT2D eigenvalue weighted by Crippen LogP contribution is 2.38. The number of hydrogen-bond donors (Lipinski definition) is 1. The molecule has 4 aromatic heterocycles. The number of amides is 1. The normalized spacial score (nSPS) is 16.2. The number of fused-ring (bicyclic) bond motifs is 2. The number of ether oxygens (including phenoxy) is 1. The maximum Gasteiger partial charge on any atom is 0.456 e. The molecule has 1 saturated carbocycles. The van der Waals surface area contributed by atoms with Gasteiger partial charge in [-0.05, 0) is 6.07 Å². The van der Waals surface area contributed by atoms with Crippen LogP contribution in [-0.4, -0.2) is 79.7 Å². The molecule has 0 saturated heterocycles. The molecule has 1 aliphatic rings. The van der Waals surface area contributed by atoms with Gasteiger partial charge in [0.25, 0.3) is 11.8 Å². The molecular formula is C22H18F7N7O4S. The van der Waals surface area contributed by atoms with Crippen LogP contribution in [0.4, 0.5) is 30.7 Å². The first-order valence-corrected chi connectivity index (χ1v) is 13.4. The molecule has 4 heterocycles. The van der Waals surface area contributed by atoms with Crippen molar-refractivity contribution in [3.63, 3.8) is 0 Å². The van der Waals surface area contributed by atoms with Gasteiger partial charge in [0.15, 0.2) is 32.9 Å². The predicted octanol–water partition coefficient (Wildman–Crippen LogP) is 3.34. The average Bonchev–Trinajstić information content (AvgIpc) is 3.47. The molecule has 19 heteroatoms. The van der Waals surface area contributed by atoms with Crippen molar-refractivity contribution >= 4 is 26.9 Å². The molecule has 1 N–H and O–H groups in total. The summed E-state index contributed by atoms with van der Waals surface area (Å²) in [6.45, 7) is -0.760. The number of carbonyl (C=O) groups is 1. The number of nitrogens with one attached hydrogen (secondary N) is 1. The number of rotatable bonds is 8. The summed E-state index contributed by atoms with van der Waals surface area (Å²) in [5, 5.41) is 5.93. The third-order valence-electron chi connectivity index (χ3n) is 6.27. The van der Waals surface area contributed by atoms with Crippen LogP contribution in [-0.2, 0) is 9.84 Å². The number of imidazole rings is 1. The Bertz CT molecular complexity index is 1760. The lowest BCUT2D eigenvalue weighted by Crippen LogP contribution is -2.50. The zero-order valence-corrected chi connectivity index (χ0v) is 21.5. The smallest absolute Gasteiger partial charge is 0.456 e. The van der Waals surface area contributed by atoms with Gasteiger partial charge in [0.05, 0.1) is 11.9 Å². The van der Waals surface area contributed by atoms with E-state index in [0.29, 0.717) is 0 Å². The SMILES string of the molecule is CCS(=O)(=O)c1nn2c(C(=O)NC3CC(F)(F)C3)ccnc2c1-c1ncc2c(OCC(F)(F)C(F)(F)F)nccn12. The Morgan fingerprint density at radius 3 is 2.49 bits per heavy atom. The molecule has 1 aliphatic carbocycles. The van der Waals surface area contributed by atoms with Crippen LogP contribution in [0.25, 0.3) is 22.6 Å². The molecular weight excluding hydrogens is 591 g/mol. The highest BCUT2D eigenvalue weighted by atomic mass is 32.2. The first-order valence-electron chi connectivity index (χ1n) is 11.7. The van der Waals surface area contributed by atoms with E-state index >= 15 is 0 Å². The van der Waals surface area contributed by atoms with E-state index < -0.39 is 75.9 Å². The van der Waals surface area contributed by atoms with Gasteiger partial charge in [-0.15, -0.1) is 0 Å². The van der Waals surface area contributed by atoms with Crippen molar-refractivity contribution < 1.29 is 48.7 Å². The van der Waals surface area contributed by atoms with Gasteiger partial charge in [0, 0.05) is 37.5 Å². The molecule has 0 bridgehead atoms. The summed E-state index contributed by atoms with van der Waals surface area (Å²) in [4.78, 5) is 24.8. The second-order valence-corrected chi connectivity index (χ2v) is 11.3. The Morgan fingerprint density at radius 2 is 1.85 bits per heavy atom. The van der Waals surface area contributed by atoms with Crippen molar-refractivity contribution in [1.82, 2.24) is 34.3 Å². The van der Waals surface area contributed by atoms with E-state index in [2.05, 4.69) is 30.1 Å². The molecule has 0 unspecified atom stereocenters. The first kappa shape index (κ1) is 28.5. The molecule has 0 aromatic carbocycles. The minimum Gasteiger partial charge on any atom is -0.469 e. The Balaban J connectivity index is 1.61. The molecule has 1 amide bonds. The molecule has 1 fully saturated rings. The molecule has 0 radical (unpaired) electrons. The topological polar surface area (TPSA) is 133 Å². The Kier molecular flexibility index (Phi) is 6.62. The minimum atomic E-state index is -5.88. The fraction of sp³-hybridized carbons (Fsp3) is 0.409. The van der Waals surface area contributed by atoms with Gasteiger partial charge in [-0.3, -0.25) is 9.20 Å². The van der Waals surface area contributed by atoms with Gasteiger partial charge in [0.1, 0.15) is 16.8 Å². The van der Waals surface area contributed by atoms with Crippen LogP contribution in [0.2, 0.25) is 0 Å². The standard InChI is InChI=1S/C22H18F7N7O4S/c1-2-41(38,39)19-14(16-30-4-3-12(36(16)34-19)17(37)33-11-7-20(23,24)8-11)15-32-9-13-18(31-5-6-35(13)15)40-10-21(25,26)22(27,28)29/h3-6,9,11H,2,7-8,10H2,1H3,(H,33,37). The summed E-state index contributed by atoms with van der Waals surface area (Å²) in [6, 6.07) is 0.375. The molecule has 11 nitrogen and oxygen atoms in total. The van der Waals surface area contributed by atoms with Gasteiger partial charge in [-0.1, -0.05) is 6.92 Å². The van der Waals surface area contributed by atoms with Crippen molar-refractivity contribution in [1.29, 1.82) is 0 Å². The van der Waals surface area contributed by atoms with E-state index in [1.807, 2.05) is 0 Å². The van der Waals surface area contributed by atoms with Crippen LogP contribution in [0, 0.1) is 0 Å². The van der Waals surface area contributed by atoms with Gasteiger partial charge in [-0.25, -0.2) is 36.7 Å². The molecule has 0 spiro atoms. The van der Waals surface area contributed by atoms with Crippen molar-refractivity contribution in [2.75, 3.05) is 12.4 Å². The van der Waals surface area contributed by atoms with E-state index in [4.69, 9.17) is 0 Å². The zero-order valence-electron chi connectivity index (χ0n) is 20.7. The lowest BCUT2D eigenvalue weighted by atomic mass is 9.88. The van der Waals surface area contributed by atoms with E-state index in [1.165, 1.54) is 19.2 Å². The first-order chi connectivity index (χ1) is 19.0.